The first kappa shape index (κ1) is 11.5. The van der Waals surface area contributed by atoms with Crippen molar-refractivity contribution in [1.29, 1.82) is 0 Å². The van der Waals surface area contributed by atoms with Gasteiger partial charge in [0.15, 0.2) is 11.5 Å². The maximum atomic E-state index is 5.68. The second-order valence-electron chi connectivity index (χ2n) is 4.84. The van der Waals surface area contributed by atoms with Crippen molar-refractivity contribution in [2.45, 2.75) is 0 Å². The van der Waals surface area contributed by atoms with Gasteiger partial charge in [-0.05, 0) is 35.4 Å². The van der Waals surface area contributed by atoms with Crippen molar-refractivity contribution >= 4 is 5.69 Å². The summed E-state index contributed by atoms with van der Waals surface area (Å²) < 4.78 is 16.9. The lowest BCUT2D eigenvalue weighted by Gasteiger charge is -2.21. The van der Waals surface area contributed by atoms with Crippen molar-refractivity contribution < 1.29 is 14.2 Å². The van der Waals surface area contributed by atoms with Gasteiger partial charge in [-0.25, -0.2) is 0 Å². The molecule has 2 aliphatic heterocycles. The molecule has 1 N–H and O–H groups in total. The minimum Gasteiger partial charge on any atom is -0.490 e. The Balaban J connectivity index is 1.73. The monoisotopic (exact) mass is 269 g/mol. The summed E-state index contributed by atoms with van der Waals surface area (Å²) in [7, 11) is 0. The Labute approximate surface area is 117 Å². The van der Waals surface area contributed by atoms with Crippen LogP contribution in [0.2, 0.25) is 0 Å². The van der Waals surface area contributed by atoms with Crippen LogP contribution in [0.4, 0.5) is 5.69 Å². The highest BCUT2D eigenvalue weighted by atomic mass is 16.6. The molecule has 0 aliphatic carbocycles. The first-order chi connectivity index (χ1) is 9.90. The van der Waals surface area contributed by atoms with Crippen LogP contribution in [0.25, 0.3) is 11.1 Å². The van der Waals surface area contributed by atoms with E-state index >= 15 is 0 Å². The molecule has 20 heavy (non-hydrogen) atoms. The van der Waals surface area contributed by atoms with Crippen LogP contribution in [-0.4, -0.2) is 26.4 Å². The van der Waals surface area contributed by atoms with Gasteiger partial charge in [0.25, 0.3) is 0 Å². The number of fused-ring (bicyclic) bond motifs is 2. The van der Waals surface area contributed by atoms with Crippen LogP contribution in [0, 0.1) is 0 Å². The average Bonchev–Trinajstić information content (AvgIpc) is 2.54. The van der Waals surface area contributed by atoms with Gasteiger partial charge in [-0.3, -0.25) is 0 Å². The van der Waals surface area contributed by atoms with Gasteiger partial charge in [-0.2, -0.15) is 0 Å². The van der Waals surface area contributed by atoms with Crippen molar-refractivity contribution in [3.8, 4) is 28.4 Å². The zero-order valence-electron chi connectivity index (χ0n) is 11.0. The van der Waals surface area contributed by atoms with Crippen LogP contribution < -0.4 is 19.5 Å². The number of benzene rings is 2. The van der Waals surface area contributed by atoms with Crippen LogP contribution in [-0.2, 0) is 0 Å². The average molecular weight is 269 g/mol. The van der Waals surface area contributed by atoms with Gasteiger partial charge in [0.2, 0.25) is 0 Å². The molecule has 0 atom stereocenters. The molecule has 4 heteroatoms. The molecule has 0 unspecified atom stereocenters. The number of ether oxygens (including phenoxy) is 3. The Bertz CT molecular complexity index is 597. The zero-order chi connectivity index (χ0) is 13.4. The van der Waals surface area contributed by atoms with Crippen LogP contribution in [0.5, 0.6) is 17.2 Å². The molecule has 2 aromatic rings. The van der Waals surface area contributed by atoms with Crippen LogP contribution in [0.1, 0.15) is 0 Å². The summed E-state index contributed by atoms with van der Waals surface area (Å²) in [5, 5.41) is 3.32. The minimum atomic E-state index is 0.605. The number of hydrogen-bond donors (Lipinski definition) is 1. The van der Waals surface area contributed by atoms with Gasteiger partial charge in [0.05, 0.1) is 5.69 Å². The highest BCUT2D eigenvalue weighted by Crippen LogP contribution is 2.37. The van der Waals surface area contributed by atoms with Crippen LogP contribution in [0.15, 0.2) is 36.4 Å². The highest BCUT2D eigenvalue weighted by molar-refractivity contribution is 5.73. The van der Waals surface area contributed by atoms with Crippen molar-refractivity contribution in [3.63, 3.8) is 0 Å². The molecule has 0 saturated heterocycles. The second-order valence-corrected chi connectivity index (χ2v) is 4.84. The Kier molecular flexibility index (Phi) is 2.66. The molecular weight excluding hydrogens is 254 g/mol. The molecule has 0 spiro atoms. The standard InChI is InChI=1S/C16H15NO3/c1-3-13-15(18-6-5-17-13)9-11(1)12-2-4-14-16(10-12)20-8-7-19-14/h1-4,9-10,17H,5-8H2. The van der Waals surface area contributed by atoms with Gasteiger partial charge >= 0.3 is 0 Å². The van der Waals surface area contributed by atoms with E-state index in [2.05, 4.69) is 23.5 Å². The summed E-state index contributed by atoms with van der Waals surface area (Å²) in [6, 6.07) is 12.2. The number of hydrogen-bond acceptors (Lipinski definition) is 4. The van der Waals surface area contributed by atoms with E-state index in [1.165, 1.54) is 0 Å². The van der Waals surface area contributed by atoms with E-state index in [0.717, 1.165) is 40.6 Å². The Hall–Kier alpha value is -2.36. The molecule has 4 nitrogen and oxygen atoms in total. The van der Waals surface area contributed by atoms with E-state index in [1.54, 1.807) is 0 Å². The van der Waals surface area contributed by atoms with Crippen molar-refractivity contribution in [3.05, 3.63) is 36.4 Å². The molecular formula is C16H15NO3. The van der Waals surface area contributed by atoms with E-state index in [4.69, 9.17) is 14.2 Å². The van der Waals surface area contributed by atoms with E-state index in [1.807, 2.05) is 18.2 Å². The molecule has 4 rings (SSSR count). The van der Waals surface area contributed by atoms with Gasteiger partial charge < -0.3 is 19.5 Å². The van der Waals surface area contributed by atoms with Gasteiger partial charge in [-0.15, -0.1) is 0 Å². The zero-order valence-corrected chi connectivity index (χ0v) is 11.0. The van der Waals surface area contributed by atoms with Crippen molar-refractivity contribution in [2.75, 3.05) is 31.7 Å². The summed E-state index contributed by atoms with van der Waals surface area (Å²) in [4.78, 5) is 0. The predicted octanol–water partition coefficient (Wildman–Crippen LogP) is 2.93. The fourth-order valence-corrected chi connectivity index (χ4v) is 2.54. The molecule has 0 aromatic heterocycles. The number of anilines is 1. The van der Waals surface area contributed by atoms with E-state index in [-0.39, 0.29) is 0 Å². The summed E-state index contributed by atoms with van der Waals surface area (Å²) in [5.41, 5.74) is 3.27. The van der Waals surface area contributed by atoms with E-state index < -0.39 is 0 Å². The Morgan fingerprint density at radius 1 is 0.700 bits per heavy atom. The maximum Gasteiger partial charge on any atom is 0.161 e. The SMILES string of the molecule is c1cc2c(cc1-c1ccc3c(c1)OCCO3)OCCN2. The molecule has 0 fully saturated rings. The number of rotatable bonds is 1. The molecule has 2 heterocycles. The summed E-state index contributed by atoms with van der Waals surface area (Å²) in [6.07, 6.45) is 0. The second kappa shape index (κ2) is 4.63. The third-order valence-electron chi connectivity index (χ3n) is 3.53. The minimum absolute atomic E-state index is 0.605. The molecule has 2 aliphatic rings. The van der Waals surface area contributed by atoms with E-state index in [0.29, 0.717) is 19.8 Å². The molecule has 102 valence electrons. The quantitative estimate of drug-likeness (QED) is 0.864. The highest BCUT2D eigenvalue weighted by Gasteiger charge is 2.14. The van der Waals surface area contributed by atoms with Crippen LogP contribution >= 0.6 is 0 Å². The lowest BCUT2D eigenvalue weighted by Crippen LogP contribution is -2.17. The Morgan fingerprint density at radius 2 is 1.40 bits per heavy atom. The van der Waals surface area contributed by atoms with Crippen molar-refractivity contribution in [2.24, 2.45) is 0 Å². The molecule has 0 amide bonds. The lowest BCUT2D eigenvalue weighted by molar-refractivity contribution is 0.171. The number of nitrogens with one attached hydrogen (secondary N) is 1. The summed E-state index contributed by atoms with van der Waals surface area (Å²) in [5.74, 6) is 2.53. The maximum absolute atomic E-state index is 5.68. The smallest absolute Gasteiger partial charge is 0.161 e. The van der Waals surface area contributed by atoms with Gasteiger partial charge in [-0.1, -0.05) is 12.1 Å². The third kappa shape index (κ3) is 1.93. The van der Waals surface area contributed by atoms with Gasteiger partial charge in [0, 0.05) is 6.54 Å². The summed E-state index contributed by atoms with van der Waals surface area (Å²) >= 11 is 0. The fourth-order valence-electron chi connectivity index (χ4n) is 2.54. The fraction of sp³-hybridized carbons (Fsp3) is 0.250. The van der Waals surface area contributed by atoms with Crippen LogP contribution in [0.3, 0.4) is 0 Å². The van der Waals surface area contributed by atoms with Gasteiger partial charge in [0.1, 0.15) is 25.6 Å². The van der Waals surface area contributed by atoms with E-state index in [9.17, 15) is 0 Å². The summed E-state index contributed by atoms with van der Waals surface area (Å²) in [6.45, 7) is 2.78. The normalized spacial score (nSPS) is 15.8. The first-order valence-electron chi connectivity index (χ1n) is 6.81. The topological polar surface area (TPSA) is 39.7 Å². The molecule has 2 aromatic carbocycles. The first-order valence-corrected chi connectivity index (χ1v) is 6.81. The molecule has 0 radical (unpaired) electrons. The largest absolute Gasteiger partial charge is 0.490 e. The Morgan fingerprint density at radius 3 is 2.30 bits per heavy atom. The third-order valence-corrected chi connectivity index (χ3v) is 3.53. The lowest BCUT2D eigenvalue weighted by atomic mass is 10.0. The predicted molar refractivity (Wildman–Crippen MR) is 76.9 cm³/mol. The molecule has 0 saturated carbocycles. The van der Waals surface area contributed by atoms with Crippen molar-refractivity contribution in [1.82, 2.24) is 0 Å². The molecule has 0 bridgehead atoms.